The van der Waals surface area contributed by atoms with Crippen LogP contribution in [0.4, 0.5) is 0 Å². The minimum atomic E-state index is -1.02. The molecule has 2 bridgehead atoms. The number of halogens is 1. The number of H-pyrrole nitrogens is 1. The lowest BCUT2D eigenvalue weighted by Crippen LogP contribution is -2.42. The Kier molecular flexibility index (Phi) is 4.61. The highest BCUT2D eigenvalue weighted by Gasteiger charge is 2.69. The molecule has 2 amide bonds. The van der Waals surface area contributed by atoms with Gasteiger partial charge in [0, 0.05) is 27.6 Å². The number of aromatic amines is 1. The molecule has 0 radical (unpaired) electrons. The highest BCUT2D eigenvalue weighted by atomic mass is 35.5. The van der Waals surface area contributed by atoms with Gasteiger partial charge in [0.1, 0.15) is 0 Å². The summed E-state index contributed by atoms with van der Waals surface area (Å²) in [6.07, 6.45) is 0.574. The predicted molar refractivity (Wildman–Crippen MR) is 119 cm³/mol. The lowest BCUT2D eigenvalue weighted by Gasteiger charge is -2.43. The van der Waals surface area contributed by atoms with Crippen molar-refractivity contribution in [1.82, 2.24) is 9.88 Å². The van der Waals surface area contributed by atoms with Gasteiger partial charge in [0.15, 0.2) is 0 Å². The number of nitrogens with one attached hydrogen (secondary N) is 1. The maximum absolute atomic E-state index is 13.2. The Labute approximate surface area is 196 Å². The first-order valence-corrected chi connectivity index (χ1v) is 12.6. The molecule has 1 aromatic carbocycles. The largest absolute Gasteiger partial charge is 0.481 e. The number of carboxylic acids is 1. The number of fused-ring (bicyclic) bond motifs is 9. The molecule has 7 nitrogen and oxygen atoms in total. The molecule has 0 unspecified atom stereocenters. The topological polar surface area (TPSA) is 108 Å². The van der Waals surface area contributed by atoms with Gasteiger partial charge in [-0.15, -0.1) is 11.8 Å². The Morgan fingerprint density at radius 3 is 2.50 bits per heavy atom. The third kappa shape index (κ3) is 2.80. The van der Waals surface area contributed by atoms with Crippen LogP contribution < -0.4 is 4.87 Å². The Bertz CT molecular complexity index is 1210. The number of likely N-dealkylation sites (tertiary alicyclic amines) is 1. The fourth-order valence-corrected chi connectivity index (χ4v) is 9.56. The van der Waals surface area contributed by atoms with Crippen LogP contribution in [-0.4, -0.2) is 44.6 Å². The van der Waals surface area contributed by atoms with Gasteiger partial charge in [-0.05, 0) is 41.9 Å². The van der Waals surface area contributed by atoms with Crippen LogP contribution in [-0.2, 0) is 14.4 Å². The predicted octanol–water partition coefficient (Wildman–Crippen LogP) is 3.04. The molecule has 10 heteroatoms. The van der Waals surface area contributed by atoms with E-state index in [1.165, 1.54) is 16.2 Å². The molecular weight excluding hydrogens is 472 g/mol. The quantitative estimate of drug-likeness (QED) is 0.638. The molecular formula is C22H19ClN2O5S2. The Morgan fingerprint density at radius 1 is 1.12 bits per heavy atom. The van der Waals surface area contributed by atoms with Crippen molar-refractivity contribution in [2.24, 2.45) is 29.6 Å². The van der Waals surface area contributed by atoms with Crippen LogP contribution in [0.5, 0.6) is 0 Å². The monoisotopic (exact) mass is 490 g/mol. The highest BCUT2D eigenvalue weighted by Crippen LogP contribution is 2.68. The SMILES string of the molecule is O=C(O)CCN1C(=O)[C@@H]2[C@@H]3C[C@@H]([C@H]4Sc5[nH]c(=O)sc5[C@H](c5ccc(Cl)cc5)[C@@H]34)[C@@H]2C1=O. The number of thioether (sulfide) groups is 1. The van der Waals surface area contributed by atoms with Crippen LogP contribution in [0.2, 0.25) is 5.02 Å². The number of carbonyl (C=O) groups is 3. The van der Waals surface area contributed by atoms with Crippen molar-refractivity contribution < 1.29 is 19.5 Å². The highest BCUT2D eigenvalue weighted by molar-refractivity contribution is 8.00. The molecule has 4 aliphatic rings. The number of benzene rings is 1. The van der Waals surface area contributed by atoms with E-state index in [0.29, 0.717) is 5.02 Å². The number of carboxylic acid groups (broad SMARTS) is 1. The van der Waals surface area contributed by atoms with Gasteiger partial charge in [0.2, 0.25) is 11.8 Å². The third-order valence-electron chi connectivity index (χ3n) is 7.59. The molecule has 2 N–H and O–H groups in total. The lowest BCUT2D eigenvalue weighted by atomic mass is 9.68. The van der Waals surface area contributed by atoms with Crippen LogP contribution in [0.15, 0.2) is 34.1 Å². The molecule has 2 aromatic rings. The lowest BCUT2D eigenvalue weighted by molar-refractivity contribution is -0.142. The van der Waals surface area contributed by atoms with E-state index in [9.17, 15) is 19.2 Å². The van der Waals surface area contributed by atoms with Crippen LogP contribution >= 0.6 is 34.7 Å². The second-order valence-electron chi connectivity index (χ2n) is 8.98. The second-order valence-corrected chi connectivity index (χ2v) is 11.6. The number of amides is 2. The average molecular weight is 491 g/mol. The summed E-state index contributed by atoms with van der Waals surface area (Å²) in [7, 11) is 0. The zero-order valence-corrected chi connectivity index (χ0v) is 19.1. The standard InChI is InChI=1S/C22H19ClN2O5S2/c23-9-3-1-8(2-4-9)13-14-10-7-11(17(14)31-19-18(13)32-22(30)24-19)16-15(10)20(28)25(21(16)29)6-5-12(26)27/h1-4,10-11,13-17H,5-7H2,(H,24,30)(H,26,27)/t10-,11-,13-,14-,15-,16+,17-/m1/s1. The summed E-state index contributed by atoms with van der Waals surface area (Å²) in [5.41, 5.74) is 1.06. The van der Waals surface area contributed by atoms with Crippen LogP contribution in [0.3, 0.4) is 0 Å². The van der Waals surface area contributed by atoms with Crippen molar-refractivity contribution in [3.8, 4) is 0 Å². The number of aliphatic carboxylic acids is 1. The molecule has 2 aliphatic heterocycles. The summed E-state index contributed by atoms with van der Waals surface area (Å²) in [6.45, 7) is -0.0663. The maximum Gasteiger partial charge on any atom is 0.305 e. The minimum Gasteiger partial charge on any atom is -0.481 e. The third-order valence-corrected chi connectivity index (χ3v) is 10.4. The summed E-state index contributed by atoms with van der Waals surface area (Å²) in [5.74, 6) is -2.08. The summed E-state index contributed by atoms with van der Waals surface area (Å²) >= 11 is 8.98. The van der Waals surface area contributed by atoms with Gasteiger partial charge in [-0.1, -0.05) is 35.1 Å². The van der Waals surface area contributed by atoms with Gasteiger partial charge in [0.25, 0.3) is 0 Å². The van der Waals surface area contributed by atoms with Gasteiger partial charge >= 0.3 is 10.8 Å². The van der Waals surface area contributed by atoms with Gasteiger partial charge < -0.3 is 10.1 Å². The number of rotatable bonds is 4. The van der Waals surface area contributed by atoms with E-state index in [4.69, 9.17) is 16.7 Å². The average Bonchev–Trinajstić information content (AvgIpc) is 3.47. The number of aromatic nitrogens is 1. The minimum absolute atomic E-state index is 0.0276. The van der Waals surface area contributed by atoms with Crippen molar-refractivity contribution in [2.75, 3.05) is 6.54 Å². The van der Waals surface area contributed by atoms with Gasteiger partial charge in [-0.25, -0.2) is 0 Å². The van der Waals surface area contributed by atoms with E-state index < -0.39 is 11.9 Å². The maximum atomic E-state index is 13.2. The molecule has 7 atom stereocenters. The fourth-order valence-electron chi connectivity index (χ4n) is 6.55. The van der Waals surface area contributed by atoms with Crippen LogP contribution in [0.1, 0.15) is 29.2 Å². The molecule has 3 fully saturated rings. The number of hydrogen-bond acceptors (Lipinski definition) is 6. The summed E-state index contributed by atoms with van der Waals surface area (Å²) in [4.78, 5) is 54.7. The van der Waals surface area contributed by atoms with Gasteiger partial charge in [0.05, 0.1) is 23.3 Å². The fraction of sp³-hybridized carbons (Fsp3) is 0.455. The Hall–Kier alpha value is -2.10. The normalized spacial score (nSPS) is 34.5. The number of nitrogens with zero attached hydrogens (tertiary/aromatic N) is 1. The Balaban J connectivity index is 1.41. The van der Waals surface area contributed by atoms with Crippen LogP contribution in [0, 0.1) is 29.6 Å². The molecule has 0 spiro atoms. The number of carbonyl (C=O) groups excluding carboxylic acids is 2. The van der Waals surface area contributed by atoms with Crippen LogP contribution in [0.25, 0.3) is 0 Å². The summed E-state index contributed by atoms with van der Waals surface area (Å²) in [6, 6.07) is 7.66. The van der Waals surface area contributed by atoms with E-state index in [1.807, 2.05) is 24.3 Å². The van der Waals surface area contributed by atoms with Crippen molar-refractivity contribution in [1.29, 1.82) is 0 Å². The van der Waals surface area contributed by atoms with E-state index in [2.05, 4.69) is 4.98 Å². The molecule has 1 saturated heterocycles. The summed E-state index contributed by atoms with van der Waals surface area (Å²) < 4.78 is 0. The van der Waals surface area contributed by atoms with Gasteiger partial charge in [-0.2, -0.15) is 0 Å². The van der Waals surface area contributed by atoms with Crippen molar-refractivity contribution in [3.63, 3.8) is 0 Å². The molecule has 2 saturated carbocycles. The van der Waals surface area contributed by atoms with Crippen molar-refractivity contribution in [3.05, 3.63) is 49.4 Å². The first-order chi connectivity index (χ1) is 15.3. The van der Waals surface area contributed by atoms with E-state index in [0.717, 1.165) is 21.9 Å². The molecule has 32 heavy (non-hydrogen) atoms. The first-order valence-electron chi connectivity index (χ1n) is 10.6. The molecule has 166 valence electrons. The van der Waals surface area contributed by atoms with E-state index >= 15 is 0 Å². The molecule has 3 heterocycles. The molecule has 1 aromatic heterocycles. The molecule has 6 rings (SSSR count). The Morgan fingerprint density at radius 2 is 1.81 bits per heavy atom. The van der Waals surface area contributed by atoms with Gasteiger partial charge in [-0.3, -0.25) is 24.1 Å². The zero-order valence-electron chi connectivity index (χ0n) is 16.7. The second kappa shape index (κ2) is 7.20. The zero-order chi connectivity index (χ0) is 22.3. The number of imide groups is 1. The number of hydrogen-bond donors (Lipinski definition) is 2. The van der Waals surface area contributed by atoms with Crippen molar-refractivity contribution >= 4 is 52.5 Å². The van der Waals surface area contributed by atoms with E-state index in [-0.39, 0.29) is 64.5 Å². The van der Waals surface area contributed by atoms with E-state index in [1.54, 1.807) is 11.8 Å². The first kappa shape index (κ1) is 20.5. The number of thiazole rings is 1. The summed E-state index contributed by atoms with van der Waals surface area (Å²) in [5, 5.41) is 10.6. The molecule has 2 aliphatic carbocycles. The van der Waals surface area contributed by atoms with Crippen molar-refractivity contribution in [2.45, 2.75) is 29.0 Å². The smallest absolute Gasteiger partial charge is 0.305 e.